The van der Waals surface area contributed by atoms with Gasteiger partial charge >= 0.3 is 0 Å². The maximum atomic E-state index is 13.7. The van der Waals surface area contributed by atoms with E-state index < -0.39 is 0 Å². The van der Waals surface area contributed by atoms with Crippen LogP contribution >= 0.6 is 0 Å². The summed E-state index contributed by atoms with van der Waals surface area (Å²) in [6, 6.07) is 8.37. The maximum Gasteiger partial charge on any atom is 0.214 e. The highest BCUT2D eigenvalue weighted by Gasteiger charge is 2.39. The first-order valence-electron chi connectivity index (χ1n) is 12.0. The lowest BCUT2D eigenvalue weighted by Crippen LogP contribution is -3.29. The molecule has 2 N–H and O–H groups in total. The van der Waals surface area contributed by atoms with Crippen LogP contribution in [-0.2, 0) is 0 Å². The molecule has 1 aromatic carbocycles. The monoisotopic (exact) mass is 414 g/mol. The highest BCUT2D eigenvalue weighted by Crippen LogP contribution is 2.30. The van der Waals surface area contributed by atoms with Crippen LogP contribution in [0.1, 0.15) is 81.3 Å². The number of nitrogens with zero attached hydrogens (tertiary/aromatic N) is 4. The number of halogens is 1. The summed E-state index contributed by atoms with van der Waals surface area (Å²) in [5, 5.41) is 13.1. The first kappa shape index (κ1) is 20.1. The molecule has 1 aromatic heterocycles. The van der Waals surface area contributed by atoms with Crippen molar-refractivity contribution in [1.29, 1.82) is 0 Å². The minimum absolute atomic E-state index is 0.0765. The number of tetrazole rings is 1. The average Bonchev–Trinajstić information content (AvgIpc) is 3.49. The molecule has 1 aliphatic heterocycles. The molecule has 2 heterocycles. The standard InChI is InChI=1S/C23H33FN6/c24-19-12-10-18(11-13-19)22(23-25-26-27-30(23)21-8-2-1-3-9-21)29-16-14-28(15-17-29)20-6-4-5-7-20/h10-13,20-22H,1-9,14-17H2/p+2/t22-/m1/s1. The van der Waals surface area contributed by atoms with Crippen molar-refractivity contribution in [3.63, 3.8) is 0 Å². The molecule has 1 atom stereocenters. The summed E-state index contributed by atoms with van der Waals surface area (Å²) >= 11 is 0. The van der Waals surface area contributed by atoms with E-state index in [-0.39, 0.29) is 11.9 Å². The van der Waals surface area contributed by atoms with Crippen LogP contribution in [0, 0.1) is 5.82 Å². The molecule has 30 heavy (non-hydrogen) atoms. The van der Waals surface area contributed by atoms with Gasteiger partial charge in [0.25, 0.3) is 0 Å². The Hall–Kier alpha value is -1.86. The van der Waals surface area contributed by atoms with E-state index in [4.69, 9.17) is 0 Å². The van der Waals surface area contributed by atoms with Gasteiger partial charge in [-0.1, -0.05) is 19.3 Å². The third-order valence-electron chi connectivity index (χ3n) is 7.78. The number of hydrogen-bond acceptors (Lipinski definition) is 3. The lowest BCUT2D eigenvalue weighted by atomic mass is 9.95. The Kier molecular flexibility index (Phi) is 6.09. The van der Waals surface area contributed by atoms with Crippen LogP contribution in [0.25, 0.3) is 0 Å². The average molecular weight is 415 g/mol. The van der Waals surface area contributed by atoms with E-state index in [9.17, 15) is 4.39 Å². The molecule has 0 spiro atoms. The van der Waals surface area contributed by atoms with Gasteiger partial charge in [-0.2, -0.15) is 0 Å². The van der Waals surface area contributed by atoms with Gasteiger partial charge in [0.2, 0.25) is 5.82 Å². The predicted octanol–water partition coefficient (Wildman–Crippen LogP) is 1.13. The molecule has 0 radical (unpaired) electrons. The minimum atomic E-state index is -0.185. The number of benzene rings is 1. The summed E-state index contributed by atoms with van der Waals surface area (Å²) in [7, 11) is 0. The highest BCUT2D eigenvalue weighted by atomic mass is 19.1. The molecule has 6 nitrogen and oxygen atoms in total. The Bertz CT molecular complexity index is 801. The summed E-state index contributed by atoms with van der Waals surface area (Å²) in [5.41, 5.74) is 1.13. The van der Waals surface area contributed by atoms with Crippen molar-refractivity contribution in [3.05, 3.63) is 41.5 Å². The van der Waals surface area contributed by atoms with Crippen LogP contribution < -0.4 is 9.80 Å². The topological polar surface area (TPSA) is 52.5 Å². The van der Waals surface area contributed by atoms with Gasteiger partial charge in [-0.25, -0.2) is 9.07 Å². The van der Waals surface area contributed by atoms with Crippen LogP contribution in [0.2, 0.25) is 0 Å². The smallest absolute Gasteiger partial charge is 0.214 e. The molecule has 2 aromatic rings. The zero-order chi connectivity index (χ0) is 20.3. The first-order chi connectivity index (χ1) is 14.8. The Balaban J connectivity index is 1.41. The van der Waals surface area contributed by atoms with Gasteiger partial charge in [-0.15, -0.1) is 5.10 Å². The molecule has 7 heteroatoms. The third-order valence-corrected chi connectivity index (χ3v) is 7.78. The fourth-order valence-electron chi connectivity index (χ4n) is 6.12. The quantitative estimate of drug-likeness (QED) is 0.771. The van der Waals surface area contributed by atoms with Gasteiger partial charge in [0.05, 0.1) is 12.1 Å². The minimum Gasteiger partial charge on any atom is -0.323 e. The van der Waals surface area contributed by atoms with Crippen molar-refractivity contribution < 1.29 is 14.2 Å². The van der Waals surface area contributed by atoms with Crippen molar-refractivity contribution >= 4 is 0 Å². The van der Waals surface area contributed by atoms with Crippen LogP contribution in [-0.4, -0.2) is 52.4 Å². The Morgan fingerprint density at radius 2 is 1.53 bits per heavy atom. The van der Waals surface area contributed by atoms with Crippen molar-refractivity contribution in [2.75, 3.05) is 26.2 Å². The van der Waals surface area contributed by atoms with Crippen molar-refractivity contribution in [1.82, 2.24) is 20.2 Å². The highest BCUT2D eigenvalue weighted by molar-refractivity contribution is 5.23. The Morgan fingerprint density at radius 1 is 0.867 bits per heavy atom. The molecule has 5 rings (SSSR count). The van der Waals surface area contributed by atoms with E-state index in [0.29, 0.717) is 6.04 Å². The fraction of sp³-hybridized carbons (Fsp3) is 0.696. The van der Waals surface area contributed by atoms with Gasteiger partial charge in [0.15, 0.2) is 6.04 Å². The molecule has 162 valence electrons. The van der Waals surface area contributed by atoms with Crippen LogP contribution in [0.5, 0.6) is 0 Å². The van der Waals surface area contributed by atoms with Crippen LogP contribution in [0.15, 0.2) is 24.3 Å². The van der Waals surface area contributed by atoms with E-state index >= 15 is 0 Å². The number of rotatable bonds is 5. The molecule has 0 bridgehead atoms. The van der Waals surface area contributed by atoms with Gasteiger partial charge in [-0.3, -0.25) is 0 Å². The van der Waals surface area contributed by atoms with Crippen molar-refractivity contribution in [3.8, 4) is 0 Å². The number of piperazine rings is 1. The van der Waals surface area contributed by atoms with Gasteiger partial charge in [0, 0.05) is 5.56 Å². The fourth-order valence-corrected chi connectivity index (χ4v) is 6.12. The van der Waals surface area contributed by atoms with E-state index in [2.05, 4.69) is 20.2 Å². The molecule has 0 amide bonds. The molecule has 0 unspecified atom stereocenters. The molecular weight excluding hydrogens is 379 g/mol. The van der Waals surface area contributed by atoms with Crippen molar-refractivity contribution in [2.24, 2.45) is 0 Å². The molecular formula is C23H35FN6+2. The van der Waals surface area contributed by atoms with E-state index in [1.54, 1.807) is 17.0 Å². The summed E-state index contributed by atoms with van der Waals surface area (Å²) < 4.78 is 15.8. The van der Waals surface area contributed by atoms with Crippen LogP contribution in [0.3, 0.4) is 0 Å². The number of hydrogen-bond donors (Lipinski definition) is 2. The van der Waals surface area contributed by atoms with E-state index in [1.807, 2.05) is 12.1 Å². The van der Waals surface area contributed by atoms with E-state index in [1.165, 1.54) is 62.9 Å². The SMILES string of the molecule is Fc1ccc([C@H](c2nnnn2C2CCCCC2)[NH+]2CC[NH+](C3CCCC3)CC2)cc1. The van der Waals surface area contributed by atoms with Gasteiger partial charge in [0.1, 0.15) is 32.0 Å². The summed E-state index contributed by atoms with van der Waals surface area (Å²) in [4.78, 5) is 3.32. The lowest BCUT2D eigenvalue weighted by Gasteiger charge is -2.37. The third kappa shape index (κ3) is 4.14. The maximum absolute atomic E-state index is 13.7. The lowest BCUT2D eigenvalue weighted by molar-refractivity contribution is -1.03. The molecule has 2 saturated carbocycles. The second kappa shape index (κ2) is 9.10. The molecule has 1 saturated heterocycles. The van der Waals surface area contributed by atoms with Gasteiger partial charge in [-0.05, 0) is 73.2 Å². The Morgan fingerprint density at radius 3 is 2.23 bits per heavy atom. The van der Waals surface area contributed by atoms with Crippen molar-refractivity contribution in [2.45, 2.75) is 75.9 Å². The second-order valence-corrected chi connectivity index (χ2v) is 9.56. The predicted molar refractivity (Wildman–Crippen MR) is 112 cm³/mol. The largest absolute Gasteiger partial charge is 0.323 e. The summed E-state index contributed by atoms with van der Waals surface area (Å²) in [5.74, 6) is 0.780. The number of quaternary nitrogens is 2. The molecule has 2 aliphatic carbocycles. The van der Waals surface area contributed by atoms with E-state index in [0.717, 1.165) is 43.4 Å². The number of nitrogens with one attached hydrogen (secondary N) is 2. The number of aromatic nitrogens is 4. The first-order valence-corrected chi connectivity index (χ1v) is 12.0. The molecule has 3 aliphatic rings. The summed E-state index contributed by atoms with van der Waals surface area (Å²) in [6.45, 7) is 4.65. The zero-order valence-corrected chi connectivity index (χ0v) is 17.9. The molecule has 3 fully saturated rings. The Labute approximate surface area is 178 Å². The summed E-state index contributed by atoms with van der Waals surface area (Å²) in [6.07, 6.45) is 11.7. The van der Waals surface area contributed by atoms with Crippen LogP contribution in [0.4, 0.5) is 4.39 Å². The normalized spacial score (nSPS) is 27.4. The second-order valence-electron chi connectivity index (χ2n) is 9.56. The zero-order valence-electron chi connectivity index (χ0n) is 17.9. The van der Waals surface area contributed by atoms with Gasteiger partial charge < -0.3 is 9.80 Å².